The van der Waals surface area contributed by atoms with Crippen LogP contribution in [0.3, 0.4) is 0 Å². The SMILES string of the molecule is CCC(O)CCOC(/C=C\C(C)=O)=NC.CCc1cccc(C(=O)NC(C)=Nc2cc(OC)c(OC)cc2C)c1. The molecule has 1 unspecified atom stereocenters. The fourth-order valence-electron chi connectivity index (χ4n) is 3.35. The molecular formula is C31H43N3O6. The van der Waals surface area contributed by atoms with Crippen molar-refractivity contribution in [1.29, 1.82) is 0 Å². The van der Waals surface area contributed by atoms with Gasteiger partial charge in [-0.1, -0.05) is 26.0 Å². The monoisotopic (exact) mass is 553 g/mol. The Kier molecular flexibility index (Phi) is 15.6. The number of amides is 1. The number of aliphatic imine (C=N–C) groups is 2. The first-order valence-electron chi connectivity index (χ1n) is 13.2. The largest absolute Gasteiger partial charge is 0.493 e. The molecule has 0 aromatic heterocycles. The summed E-state index contributed by atoms with van der Waals surface area (Å²) in [6.45, 7) is 9.53. The molecule has 1 atom stereocenters. The van der Waals surface area contributed by atoms with Crippen molar-refractivity contribution in [2.75, 3.05) is 27.9 Å². The van der Waals surface area contributed by atoms with Gasteiger partial charge in [0.25, 0.3) is 5.91 Å². The lowest BCUT2D eigenvalue weighted by molar-refractivity contribution is -0.112. The van der Waals surface area contributed by atoms with Crippen LogP contribution in [-0.2, 0) is 16.0 Å². The smallest absolute Gasteiger partial charge is 0.256 e. The highest BCUT2D eigenvalue weighted by atomic mass is 16.5. The number of rotatable bonds is 11. The van der Waals surface area contributed by atoms with Gasteiger partial charge in [-0.25, -0.2) is 4.99 Å². The number of allylic oxidation sites excluding steroid dienone is 1. The van der Waals surface area contributed by atoms with Crippen molar-refractivity contribution in [2.45, 2.75) is 60.0 Å². The zero-order chi connectivity index (χ0) is 30.1. The zero-order valence-electron chi connectivity index (χ0n) is 24.9. The first-order valence-corrected chi connectivity index (χ1v) is 13.2. The number of carbonyl (C=O) groups is 2. The number of carbonyl (C=O) groups excluding carboxylic acids is 2. The highest BCUT2D eigenvalue weighted by Crippen LogP contribution is 2.34. The number of benzene rings is 2. The summed E-state index contributed by atoms with van der Waals surface area (Å²) in [6.07, 6.45) is 4.77. The molecule has 40 heavy (non-hydrogen) atoms. The van der Waals surface area contributed by atoms with Crippen molar-refractivity contribution in [3.05, 3.63) is 65.2 Å². The van der Waals surface area contributed by atoms with E-state index in [2.05, 4.69) is 22.2 Å². The molecule has 0 aliphatic rings. The molecule has 0 saturated carbocycles. The lowest BCUT2D eigenvalue weighted by Crippen LogP contribution is -2.28. The molecule has 2 rings (SSSR count). The van der Waals surface area contributed by atoms with E-state index in [1.165, 1.54) is 19.1 Å². The number of nitrogens with zero attached hydrogens (tertiary/aromatic N) is 2. The van der Waals surface area contributed by atoms with Crippen molar-refractivity contribution < 1.29 is 28.9 Å². The Morgan fingerprint density at radius 3 is 2.30 bits per heavy atom. The van der Waals surface area contributed by atoms with Crippen LogP contribution >= 0.6 is 0 Å². The third-order valence-corrected chi connectivity index (χ3v) is 5.74. The van der Waals surface area contributed by atoms with Crippen LogP contribution < -0.4 is 14.8 Å². The van der Waals surface area contributed by atoms with E-state index in [0.717, 1.165) is 23.2 Å². The van der Waals surface area contributed by atoms with Gasteiger partial charge in [0.1, 0.15) is 5.84 Å². The van der Waals surface area contributed by atoms with Crippen molar-refractivity contribution in [2.24, 2.45) is 9.98 Å². The second-order valence-corrected chi connectivity index (χ2v) is 8.90. The van der Waals surface area contributed by atoms with E-state index in [9.17, 15) is 14.7 Å². The van der Waals surface area contributed by atoms with Gasteiger partial charge in [0.15, 0.2) is 17.3 Å². The lowest BCUT2D eigenvalue weighted by Gasteiger charge is -2.11. The molecular weight excluding hydrogens is 510 g/mol. The number of aliphatic hydroxyl groups excluding tert-OH is 1. The summed E-state index contributed by atoms with van der Waals surface area (Å²) in [5.74, 6) is 1.96. The number of methoxy groups -OCH3 is 2. The first kappa shape index (κ1) is 34.0. The summed E-state index contributed by atoms with van der Waals surface area (Å²) < 4.78 is 15.9. The molecule has 0 radical (unpaired) electrons. The van der Waals surface area contributed by atoms with E-state index >= 15 is 0 Å². The topological polar surface area (TPSA) is 119 Å². The van der Waals surface area contributed by atoms with Crippen LogP contribution in [-0.4, -0.2) is 62.5 Å². The van der Waals surface area contributed by atoms with Gasteiger partial charge in [-0.2, -0.15) is 0 Å². The Balaban J connectivity index is 0.000000459. The number of nitrogens with one attached hydrogen (secondary N) is 1. The Bertz CT molecular complexity index is 1200. The molecule has 0 aliphatic heterocycles. The van der Waals surface area contributed by atoms with Gasteiger partial charge in [-0.3, -0.25) is 14.6 Å². The number of amidine groups is 1. The van der Waals surface area contributed by atoms with Crippen LogP contribution in [0.25, 0.3) is 0 Å². The van der Waals surface area contributed by atoms with Crippen molar-refractivity contribution in [1.82, 2.24) is 5.32 Å². The number of aryl methyl sites for hydroxylation is 2. The van der Waals surface area contributed by atoms with Crippen LogP contribution in [0.5, 0.6) is 11.5 Å². The van der Waals surface area contributed by atoms with Gasteiger partial charge in [0.2, 0.25) is 5.90 Å². The molecule has 1 amide bonds. The molecule has 0 fully saturated rings. The minimum atomic E-state index is -0.333. The van der Waals surface area contributed by atoms with Crippen LogP contribution in [0, 0.1) is 6.92 Å². The Morgan fingerprint density at radius 1 is 1.05 bits per heavy atom. The molecule has 9 heteroatoms. The zero-order valence-corrected chi connectivity index (χ0v) is 24.9. The van der Waals surface area contributed by atoms with E-state index in [-0.39, 0.29) is 17.8 Å². The molecule has 0 aliphatic carbocycles. The third kappa shape index (κ3) is 12.3. The quantitative estimate of drug-likeness (QED) is 0.219. The van der Waals surface area contributed by atoms with Gasteiger partial charge in [0.05, 0.1) is 32.6 Å². The van der Waals surface area contributed by atoms with Crippen molar-refractivity contribution >= 4 is 29.1 Å². The molecule has 0 bridgehead atoms. The van der Waals surface area contributed by atoms with Crippen LogP contribution in [0.4, 0.5) is 5.69 Å². The lowest BCUT2D eigenvalue weighted by atomic mass is 10.1. The van der Waals surface area contributed by atoms with E-state index in [1.807, 2.05) is 38.1 Å². The number of ketones is 1. The predicted molar refractivity (Wildman–Crippen MR) is 160 cm³/mol. The van der Waals surface area contributed by atoms with Gasteiger partial charge < -0.3 is 24.6 Å². The highest BCUT2D eigenvalue weighted by Gasteiger charge is 2.10. The number of hydrogen-bond donors (Lipinski definition) is 2. The van der Waals surface area contributed by atoms with Crippen molar-refractivity contribution in [3.63, 3.8) is 0 Å². The molecule has 218 valence electrons. The third-order valence-electron chi connectivity index (χ3n) is 5.74. The average molecular weight is 554 g/mol. The molecule has 9 nitrogen and oxygen atoms in total. The summed E-state index contributed by atoms with van der Waals surface area (Å²) in [6, 6.07) is 11.2. The maximum absolute atomic E-state index is 12.4. The van der Waals surface area contributed by atoms with E-state index < -0.39 is 0 Å². The van der Waals surface area contributed by atoms with E-state index in [4.69, 9.17) is 14.2 Å². The average Bonchev–Trinajstić information content (AvgIpc) is 2.95. The summed E-state index contributed by atoms with van der Waals surface area (Å²) in [7, 11) is 4.77. The standard InChI is InChI=1S/C20H24N2O3.C11H19NO3/c1-6-15-8-7-9-16(11-15)20(23)22-14(3)21-17-12-19(25-5)18(24-4)10-13(17)2;1-4-10(14)7-8-15-11(12-3)6-5-9(2)13/h7-12H,6H2,1-5H3,(H,21,22,23);5-6,10,14H,4,7-8H2,1-3H3/b;6-5-,12-11?. The molecule has 0 spiro atoms. The van der Waals surface area contributed by atoms with Crippen LogP contribution in [0.1, 0.15) is 62.0 Å². The first-order chi connectivity index (χ1) is 19.1. The van der Waals surface area contributed by atoms with Crippen LogP contribution in [0.2, 0.25) is 0 Å². The molecule has 2 aromatic rings. The minimum Gasteiger partial charge on any atom is -0.493 e. The number of hydrogen-bond acceptors (Lipinski definition) is 8. The second-order valence-electron chi connectivity index (χ2n) is 8.90. The fraction of sp³-hybridized carbons (Fsp3) is 0.419. The Morgan fingerprint density at radius 2 is 1.73 bits per heavy atom. The second kappa shape index (κ2) is 18.3. The molecule has 2 N–H and O–H groups in total. The maximum atomic E-state index is 12.4. The number of ether oxygens (including phenoxy) is 3. The fourth-order valence-corrected chi connectivity index (χ4v) is 3.35. The normalized spacial score (nSPS) is 12.3. The van der Waals surface area contributed by atoms with Gasteiger partial charge in [0, 0.05) is 31.2 Å². The summed E-state index contributed by atoms with van der Waals surface area (Å²) >= 11 is 0. The minimum absolute atomic E-state index is 0.0478. The summed E-state index contributed by atoms with van der Waals surface area (Å²) in [5.41, 5.74) is 3.40. The summed E-state index contributed by atoms with van der Waals surface area (Å²) in [5, 5.41) is 12.1. The van der Waals surface area contributed by atoms with Gasteiger partial charge in [-0.05, 0) is 69.0 Å². The van der Waals surface area contributed by atoms with Crippen LogP contribution in [0.15, 0.2) is 58.5 Å². The van der Waals surface area contributed by atoms with E-state index in [0.29, 0.717) is 48.2 Å². The summed E-state index contributed by atoms with van der Waals surface area (Å²) in [4.78, 5) is 31.4. The van der Waals surface area contributed by atoms with Crippen molar-refractivity contribution in [3.8, 4) is 11.5 Å². The Hall–Kier alpha value is -3.98. The molecule has 2 aromatic carbocycles. The van der Waals surface area contributed by atoms with Gasteiger partial charge in [-0.15, -0.1) is 0 Å². The molecule has 0 heterocycles. The maximum Gasteiger partial charge on any atom is 0.256 e. The number of aliphatic hydroxyl groups is 1. The van der Waals surface area contributed by atoms with E-state index in [1.54, 1.807) is 40.3 Å². The highest BCUT2D eigenvalue weighted by molar-refractivity contribution is 6.06. The predicted octanol–water partition coefficient (Wildman–Crippen LogP) is 5.39. The molecule has 0 saturated heterocycles. The van der Waals surface area contributed by atoms with Gasteiger partial charge >= 0.3 is 0 Å². The Labute approximate surface area is 238 Å².